The number of hydrogen-bond acceptors (Lipinski definition) is 2. The molecule has 3 unspecified atom stereocenters. The summed E-state index contributed by atoms with van der Waals surface area (Å²) in [7, 11) is 8.03. The smallest absolute Gasteiger partial charge is 0.107 e. The van der Waals surface area contributed by atoms with Gasteiger partial charge in [-0.3, -0.25) is 0 Å². The Morgan fingerprint density at radius 1 is 1.27 bits per heavy atom. The van der Waals surface area contributed by atoms with E-state index in [1.54, 1.807) is 7.11 Å². The number of allylic oxidation sites excluding steroid dienone is 2. The summed E-state index contributed by atoms with van der Waals surface area (Å²) in [5, 5.41) is 0. The summed E-state index contributed by atoms with van der Waals surface area (Å²) in [6.07, 6.45) is 12.2. The molecule has 2 rings (SSSR count). The van der Waals surface area contributed by atoms with Crippen LogP contribution in [0, 0.1) is 5.92 Å². The van der Waals surface area contributed by atoms with E-state index in [1.165, 1.54) is 11.1 Å². The van der Waals surface area contributed by atoms with Crippen molar-refractivity contribution in [1.29, 1.82) is 0 Å². The Morgan fingerprint density at radius 2 is 2.05 bits per heavy atom. The monoisotopic (exact) mass is 300 g/mol. The van der Waals surface area contributed by atoms with E-state index in [1.807, 2.05) is 6.92 Å². The Balaban J connectivity index is 1.99. The fraction of sp³-hybridized carbons (Fsp3) is 0.684. The van der Waals surface area contributed by atoms with Crippen LogP contribution in [-0.2, 0) is 9.47 Å². The molecule has 0 heterocycles. The molecule has 0 saturated carbocycles. The Morgan fingerprint density at radius 3 is 2.64 bits per heavy atom. The number of hydrogen-bond donors (Lipinski definition) is 0. The average molecular weight is 300 g/mol. The molecule has 2 nitrogen and oxygen atoms in total. The van der Waals surface area contributed by atoms with Crippen molar-refractivity contribution < 1.29 is 9.47 Å². The lowest BCUT2D eigenvalue weighted by atomic mass is 9.75. The van der Waals surface area contributed by atoms with Crippen molar-refractivity contribution in [3.8, 4) is 0 Å². The molecule has 3 heteroatoms. The highest BCUT2D eigenvalue weighted by molar-refractivity contribution is 6.22. The first-order chi connectivity index (χ1) is 10.5. The molecule has 0 fully saturated rings. The van der Waals surface area contributed by atoms with E-state index >= 15 is 0 Å². The predicted octanol–water partition coefficient (Wildman–Crippen LogP) is 4.31. The molecule has 0 bridgehead atoms. The van der Waals surface area contributed by atoms with Crippen molar-refractivity contribution in [1.82, 2.24) is 0 Å². The Kier molecular flexibility index (Phi) is 6.52. The lowest BCUT2D eigenvalue weighted by molar-refractivity contribution is -0.0108. The number of ether oxygens (including phenoxy) is 2. The van der Waals surface area contributed by atoms with E-state index in [9.17, 15) is 0 Å². The van der Waals surface area contributed by atoms with Gasteiger partial charge < -0.3 is 9.47 Å². The first-order valence-electron chi connectivity index (χ1n) is 8.55. The van der Waals surface area contributed by atoms with Crippen molar-refractivity contribution in [3.63, 3.8) is 0 Å². The fourth-order valence-electron chi connectivity index (χ4n) is 3.58. The highest BCUT2D eigenvalue weighted by atomic mass is 16.5. The normalized spacial score (nSPS) is 30.2. The number of methoxy groups -OCH3 is 1. The summed E-state index contributed by atoms with van der Waals surface area (Å²) in [4.78, 5) is 0. The highest BCUT2D eigenvalue weighted by Gasteiger charge is 2.26. The van der Waals surface area contributed by atoms with E-state index in [-0.39, 0.29) is 18.3 Å². The Bertz CT molecular complexity index is 462. The molecule has 0 amide bonds. The molecule has 3 atom stereocenters. The van der Waals surface area contributed by atoms with Crippen molar-refractivity contribution in [3.05, 3.63) is 34.8 Å². The molecule has 0 aromatic rings. The van der Waals surface area contributed by atoms with Gasteiger partial charge in [-0.1, -0.05) is 37.6 Å². The van der Waals surface area contributed by atoms with Gasteiger partial charge in [-0.15, -0.1) is 5.47 Å². The Labute approximate surface area is 137 Å². The fourth-order valence-corrected chi connectivity index (χ4v) is 3.58. The van der Waals surface area contributed by atoms with E-state index in [2.05, 4.69) is 32.1 Å². The van der Waals surface area contributed by atoms with Crippen LogP contribution < -0.4 is 0 Å². The second-order valence-corrected chi connectivity index (χ2v) is 6.71. The van der Waals surface area contributed by atoms with Crippen molar-refractivity contribution in [2.75, 3.05) is 7.11 Å². The topological polar surface area (TPSA) is 18.5 Å². The van der Waals surface area contributed by atoms with Crippen LogP contribution in [0.4, 0.5) is 0 Å². The molecule has 0 aliphatic heterocycles. The summed E-state index contributed by atoms with van der Waals surface area (Å²) < 4.78 is 11.9. The summed E-state index contributed by atoms with van der Waals surface area (Å²) in [5.74, 6) is 0.555. The standard InChI is InChI=1S/C19H29BO2/c1-5-6-14-11-15(8-10-19(14)21-4)22-16-7-9-17(13(2)3)18(20)12-16/h5-6,11,13,15-16,19H,7-10,12H2,1-4H3. The molecule has 0 aromatic heterocycles. The minimum atomic E-state index is 0.191. The van der Waals surface area contributed by atoms with Gasteiger partial charge >= 0.3 is 0 Å². The second kappa shape index (κ2) is 8.17. The third-order valence-corrected chi connectivity index (χ3v) is 4.77. The van der Waals surface area contributed by atoms with E-state index in [0.29, 0.717) is 5.92 Å². The summed E-state index contributed by atoms with van der Waals surface area (Å²) in [5.41, 5.74) is 3.71. The van der Waals surface area contributed by atoms with Crippen molar-refractivity contribution in [2.45, 2.75) is 71.2 Å². The van der Waals surface area contributed by atoms with Crippen LogP contribution in [-0.4, -0.2) is 33.3 Å². The summed E-state index contributed by atoms with van der Waals surface area (Å²) in [6, 6.07) is 0. The summed E-state index contributed by atoms with van der Waals surface area (Å²) >= 11 is 0. The van der Waals surface area contributed by atoms with Gasteiger partial charge in [0.05, 0.1) is 18.3 Å². The zero-order chi connectivity index (χ0) is 16.1. The second-order valence-electron chi connectivity index (χ2n) is 6.71. The van der Waals surface area contributed by atoms with Crippen molar-refractivity contribution >= 4 is 7.85 Å². The van der Waals surface area contributed by atoms with E-state index in [4.69, 9.17) is 17.3 Å². The molecule has 2 radical (unpaired) electrons. The van der Waals surface area contributed by atoms with Crippen LogP contribution in [0.1, 0.15) is 52.9 Å². The quantitative estimate of drug-likeness (QED) is 0.704. The van der Waals surface area contributed by atoms with Gasteiger partial charge in [-0.2, -0.15) is 0 Å². The van der Waals surface area contributed by atoms with Crippen molar-refractivity contribution in [2.24, 2.45) is 5.92 Å². The molecular formula is C19H29BO2. The van der Waals surface area contributed by atoms with Crippen LogP contribution in [0.3, 0.4) is 0 Å². The maximum absolute atomic E-state index is 6.32. The van der Waals surface area contributed by atoms with E-state index in [0.717, 1.165) is 37.6 Å². The van der Waals surface area contributed by atoms with Gasteiger partial charge in [-0.25, -0.2) is 0 Å². The molecule has 22 heavy (non-hydrogen) atoms. The highest BCUT2D eigenvalue weighted by Crippen LogP contribution is 2.32. The van der Waals surface area contributed by atoms with E-state index < -0.39 is 0 Å². The SMILES string of the molecule is [B]C1=C(C(C)C)CCC(OC2C=C(C=CC)C(OC)CC2)C1. The third kappa shape index (κ3) is 4.36. The summed E-state index contributed by atoms with van der Waals surface area (Å²) in [6.45, 7) is 6.49. The lowest BCUT2D eigenvalue weighted by Crippen LogP contribution is -2.30. The van der Waals surface area contributed by atoms with Crippen LogP contribution in [0.15, 0.2) is 34.8 Å². The zero-order valence-corrected chi connectivity index (χ0v) is 14.5. The van der Waals surface area contributed by atoms with Gasteiger partial charge in [0.25, 0.3) is 0 Å². The average Bonchev–Trinajstić information content (AvgIpc) is 2.47. The number of rotatable bonds is 5. The Hall–Kier alpha value is -0.795. The molecule has 120 valence electrons. The molecule has 0 saturated heterocycles. The van der Waals surface area contributed by atoms with Crippen LogP contribution >= 0.6 is 0 Å². The third-order valence-electron chi connectivity index (χ3n) is 4.77. The molecule has 2 aliphatic rings. The van der Waals surface area contributed by atoms with Crippen LogP contribution in [0.2, 0.25) is 0 Å². The predicted molar refractivity (Wildman–Crippen MR) is 93.1 cm³/mol. The molecule has 0 aromatic carbocycles. The van der Waals surface area contributed by atoms with Crippen LogP contribution in [0.5, 0.6) is 0 Å². The lowest BCUT2D eigenvalue weighted by Gasteiger charge is -2.33. The van der Waals surface area contributed by atoms with Crippen LogP contribution in [0.25, 0.3) is 0 Å². The first-order valence-corrected chi connectivity index (χ1v) is 8.55. The minimum absolute atomic E-state index is 0.191. The van der Waals surface area contributed by atoms with Gasteiger partial charge in [0.2, 0.25) is 0 Å². The molecule has 2 aliphatic carbocycles. The van der Waals surface area contributed by atoms with Gasteiger partial charge in [0, 0.05) is 7.11 Å². The molecule has 0 N–H and O–H groups in total. The maximum Gasteiger partial charge on any atom is 0.107 e. The maximum atomic E-state index is 6.32. The molecular weight excluding hydrogens is 271 g/mol. The van der Waals surface area contributed by atoms with Gasteiger partial charge in [0.1, 0.15) is 7.85 Å². The van der Waals surface area contributed by atoms with Gasteiger partial charge in [-0.05, 0) is 50.5 Å². The molecule has 0 spiro atoms. The van der Waals surface area contributed by atoms with Gasteiger partial charge in [0.15, 0.2) is 0 Å². The largest absolute Gasteiger partial charge is 0.377 e. The first kappa shape index (κ1) is 17.6. The zero-order valence-electron chi connectivity index (χ0n) is 14.5. The minimum Gasteiger partial charge on any atom is -0.377 e.